The molecule has 3 nitrogen and oxygen atoms in total. The van der Waals surface area contributed by atoms with Gasteiger partial charge in [0.05, 0.1) is 11.5 Å². The first-order chi connectivity index (χ1) is 7.67. The fraction of sp³-hybridized carbons (Fsp3) is 0.500. The van der Waals surface area contributed by atoms with E-state index in [4.69, 9.17) is 10.2 Å². The van der Waals surface area contributed by atoms with E-state index >= 15 is 0 Å². The van der Waals surface area contributed by atoms with Crippen LogP contribution in [0.25, 0.3) is 0 Å². The van der Waals surface area contributed by atoms with E-state index in [1.54, 1.807) is 11.3 Å². The zero-order valence-electron chi connectivity index (χ0n) is 9.60. The largest absolute Gasteiger partial charge is 0.395 e. The average molecular weight is 239 g/mol. The number of nitrogens with zero attached hydrogens (tertiary/aromatic N) is 1. The minimum absolute atomic E-state index is 0.102. The van der Waals surface area contributed by atoms with E-state index in [2.05, 4.69) is 16.7 Å². The van der Waals surface area contributed by atoms with Crippen molar-refractivity contribution in [2.45, 2.75) is 19.5 Å². The van der Waals surface area contributed by atoms with Crippen LogP contribution in [0.1, 0.15) is 16.7 Å². The summed E-state index contributed by atoms with van der Waals surface area (Å²) in [5.41, 5.74) is 0. The topological polar surface area (TPSA) is 43.7 Å². The van der Waals surface area contributed by atoms with Crippen molar-refractivity contribution in [3.63, 3.8) is 0 Å². The quantitative estimate of drug-likeness (QED) is 0.767. The van der Waals surface area contributed by atoms with Gasteiger partial charge in [0.15, 0.2) is 0 Å². The van der Waals surface area contributed by atoms with Crippen LogP contribution >= 0.6 is 11.3 Å². The molecule has 88 valence electrons. The second-order valence-corrected chi connectivity index (χ2v) is 4.84. The molecule has 0 saturated heterocycles. The van der Waals surface area contributed by atoms with Crippen LogP contribution in [0.5, 0.6) is 0 Å². The maximum absolute atomic E-state index is 9.02. The Morgan fingerprint density at radius 3 is 2.81 bits per heavy atom. The first-order valence-corrected chi connectivity index (χ1v) is 5.98. The van der Waals surface area contributed by atoms with Gasteiger partial charge in [-0.25, -0.2) is 0 Å². The van der Waals surface area contributed by atoms with E-state index in [0.717, 1.165) is 11.4 Å². The molecular weight excluding hydrogens is 222 g/mol. The summed E-state index contributed by atoms with van der Waals surface area (Å²) in [6, 6.07) is 4.15. The van der Waals surface area contributed by atoms with E-state index in [1.807, 2.05) is 26.1 Å². The van der Waals surface area contributed by atoms with Gasteiger partial charge < -0.3 is 10.2 Å². The first-order valence-electron chi connectivity index (χ1n) is 5.17. The number of thiophene rings is 1. The Morgan fingerprint density at radius 2 is 2.19 bits per heavy atom. The van der Waals surface area contributed by atoms with Gasteiger partial charge in [0.25, 0.3) is 0 Å². The third kappa shape index (κ3) is 3.95. The summed E-state index contributed by atoms with van der Waals surface area (Å²) in [4.78, 5) is 4.27. The first kappa shape index (κ1) is 13.2. The highest BCUT2D eigenvalue weighted by atomic mass is 32.1. The van der Waals surface area contributed by atoms with Crippen LogP contribution in [0.2, 0.25) is 0 Å². The molecule has 1 unspecified atom stereocenters. The van der Waals surface area contributed by atoms with E-state index in [-0.39, 0.29) is 19.3 Å². The predicted molar refractivity (Wildman–Crippen MR) is 66.3 cm³/mol. The molecule has 0 aromatic carbocycles. The summed E-state index contributed by atoms with van der Waals surface area (Å²) in [6.07, 6.45) is 0. The number of aliphatic hydroxyl groups excluding tert-OH is 2. The summed E-state index contributed by atoms with van der Waals surface area (Å²) in [5, 5.41) is 17.6. The van der Waals surface area contributed by atoms with Gasteiger partial charge in [-0.05, 0) is 26.1 Å². The highest BCUT2D eigenvalue weighted by Gasteiger charge is 2.09. The fourth-order valence-electron chi connectivity index (χ4n) is 1.20. The van der Waals surface area contributed by atoms with Crippen LogP contribution in [-0.2, 0) is 6.54 Å². The Labute approximate surface area is 100 Å². The maximum Gasteiger partial charge on any atom is 0.104 e. The Morgan fingerprint density at radius 1 is 1.44 bits per heavy atom. The lowest BCUT2D eigenvalue weighted by Gasteiger charge is -2.21. The molecule has 0 bridgehead atoms. The molecule has 0 spiro atoms. The molecule has 1 heterocycles. The van der Waals surface area contributed by atoms with Crippen molar-refractivity contribution >= 4 is 11.3 Å². The molecule has 0 amide bonds. The Hall–Kier alpha value is -0.860. The second kappa shape index (κ2) is 6.66. The lowest BCUT2D eigenvalue weighted by Crippen LogP contribution is -2.31. The molecule has 0 aliphatic carbocycles. The van der Waals surface area contributed by atoms with Gasteiger partial charge in [-0.1, -0.05) is 11.8 Å². The predicted octanol–water partition coefficient (Wildman–Crippen LogP) is 0.905. The van der Waals surface area contributed by atoms with Gasteiger partial charge >= 0.3 is 0 Å². The number of hydrogen-bond acceptors (Lipinski definition) is 4. The van der Waals surface area contributed by atoms with Crippen molar-refractivity contribution in [3.05, 3.63) is 21.9 Å². The third-order valence-corrected chi connectivity index (χ3v) is 3.36. The van der Waals surface area contributed by atoms with Crippen LogP contribution in [-0.4, -0.2) is 41.4 Å². The molecule has 0 fully saturated rings. The summed E-state index contributed by atoms with van der Waals surface area (Å²) in [7, 11) is 1.99. The highest BCUT2D eigenvalue weighted by molar-refractivity contribution is 7.12. The van der Waals surface area contributed by atoms with E-state index < -0.39 is 0 Å². The summed E-state index contributed by atoms with van der Waals surface area (Å²) < 4.78 is 0. The van der Waals surface area contributed by atoms with Crippen LogP contribution in [0.4, 0.5) is 0 Å². The number of likely N-dealkylation sites (N-methyl/N-ethyl adjacent to an activating group) is 1. The molecule has 2 N–H and O–H groups in total. The molecule has 1 atom stereocenters. The third-order valence-electron chi connectivity index (χ3n) is 2.37. The van der Waals surface area contributed by atoms with Crippen molar-refractivity contribution in [1.82, 2.24) is 4.90 Å². The van der Waals surface area contributed by atoms with Crippen molar-refractivity contribution in [3.8, 4) is 11.8 Å². The zero-order valence-corrected chi connectivity index (χ0v) is 10.4. The Kier molecular flexibility index (Phi) is 5.50. The molecule has 0 aliphatic heterocycles. The van der Waals surface area contributed by atoms with Gasteiger partial charge in [0.2, 0.25) is 0 Å². The molecule has 4 heteroatoms. The fourth-order valence-corrected chi connectivity index (χ4v) is 2.14. The van der Waals surface area contributed by atoms with Gasteiger partial charge in [0, 0.05) is 17.5 Å². The van der Waals surface area contributed by atoms with Gasteiger partial charge in [-0.3, -0.25) is 4.90 Å². The molecule has 1 rings (SSSR count). The number of aliphatic hydroxyl groups is 2. The summed E-state index contributed by atoms with van der Waals surface area (Å²) in [6.45, 7) is 2.86. The monoisotopic (exact) mass is 239 g/mol. The van der Waals surface area contributed by atoms with Gasteiger partial charge in [0.1, 0.15) is 6.61 Å². The summed E-state index contributed by atoms with van der Waals surface area (Å²) in [5.74, 6) is 5.51. The maximum atomic E-state index is 9.02. The zero-order chi connectivity index (χ0) is 12.0. The Bertz CT molecular complexity index is 378. The number of rotatable bonds is 4. The molecule has 16 heavy (non-hydrogen) atoms. The van der Waals surface area contributed by atoms with Crippen LogP contribution in [0.15, 0.2) is 12.1 Å². The minimum atomic E-state index is -0.102. The lowest BCUT2D eigenvalue weighted by molar-refractivity contribution is 0.155. The molecule has 0 aliphatic rings. The van der Waals surface area contributed by atoms with Crippen LogP contribution in [0.3, 0.4) is 0 Å². The number of hydrogen-bond donors (Lipinski definition) is 2. The van der Waals surface area contributed by atoms with Crippen LogP contribution in [0, 0.1) is 11.8 Å². The van der Waals surface area contributed by atoms with Gasteiger partial charge in [-0.15, -0.1) is 11.3 Å². The molecule has 0 saturated carbocycles. The van der Waals surface area contributed by atoms with Crippen molar-refractivity contribution in [2.75, 3.05) is 20.3 Å². The second-order valence-electron chi connectivity index (χ2n) is 3.67. The van der Waals surface area contributed by atoms with Crippen molar-refractivity contribution in [1.29, 1.82) is 0 Å². The Balaban J connectivity index is 2.58. The van der Waals surface area contributed by atoms with Crippen LogP contribution < -0.4 is 0 Å². The SMILES string of the molecule is CC(CO)N(C)Cc1ccc(C#CCO)s1. The van der Waals surface area contributed by atoms with Crippen molar-refractivity contribution in [2.24, 2.45) is 0 Å². The van der Waals surface area contributed by atoms with E-state index in [9.17, 15) is 0 Å². The van der Waals surface area contributed by atoms with Crippen molar-refractivity contribution < 1.29 is 10.2 Å². The average Bonchev–Trinajstić information content (AvgIpc) is 2.72. The minimum Gasteiger partial charge on any atom is -0.395 e. The molecule has 1 aromatic rings. The highest BCUT2D eigenvalue weighted by Crippen LogP contribution is 2.17. The van der Waals surface area contributed by atoms with E-state index in [1.165, 1.54) is 4.88 Å². The molecular formula is C12H17NO2S. The van der Waals surface area contributed by atoms with Gasteiger partial charge in [-0.2, -0.15) is 0 Å². The normalized spacial score (nSPS) is 12.3. The molecule has 0 radical (unpaired) electrons. The smallest absolute Gasteiger partial charge is 0.104 e. The lowest BCUT2D eigenvalue weighted by atomic mass is 10.3. The standard InChI is InChI=1S/C12H17NO2S/c1-10(9-15)13(2)8-12-6-5-11(16-12)4-3-7-14/h5-6,10,14-15H,7-9H2,1-2H3. The molecule has 1 aromatic heterocycles. The summed E-state index contributed by atoms with van der Waals surface area (Å²) >= 11 is 1.62. The van der Waals surface area contributed by atoms with E-state index in [0.29, 0.717) is 0 Å².